The quantitative estimate of drug-likeness (QED) is 0.524. The molecule has 158 valence electrons. The van der Waals surface area contributed by atoms with Gasteiger partial charge in [-0.2, -0.15) is 0 Å². The van der Waals surface area contributed by atoms with E-state index in [2.05, 4.69) is 43.0 Å². The Balaban J connectivity index is 1.49. The molecule has 0 unspecified atom stereocenters. The van der Waals surface area contributed by atoms with Gasteiger partial charge < -0.3 is 13.9 Å². The maximum absolute atomic E-state index is 6.04. The van der Waals surface area contributed by atoms with Crippen molar-refractivity contribution in [2.24, 2.45) is 0 Å². The fourth-order valence-corrected chi connectivity index (χ4v) is 3.92. The Morgan fingerprint density at radius 3 is 2.57 bits per heavy atom. The largest absolute Gasteiger partial charge is 0.486 e. The van der Waals surface area contributed by atoms with Crippen molar-refractivity contribution in [2.75, 3.05) is 26.3 Å². The van der Waals surface area contributed by atoms with Crippen molar-refractivity contribution in [2.45, 2.75) is 40.2 Å². The molecular formula is C25H30N2O3. The summed E-state index contributed by atoms with van der Waals surface area (Å²) >= 11 is 0. The summed E-state index contributed by atoms with van der Waals surface area (Å²) < 4.78 is 17.6. The zero-order valence-electron chi connectivity index (χ0n) is 18.1. The molecule has 0 saturated carbocycles. The van der Waals surface area contributed by atoms with Gasteiger partial charge in [0.1, 0.15) is 19.0 Å². The second kappa shape index (κ2) is 9.35. The van der Waals surface area contributed by atoms with Crippen LogP contribution in [0.1, 0.15) is 36.4 Å². The molecule has 0 spiro atoms. The topological polar surface area (TPSA) is 47.7 Å². The number of aryl methyl sites for hydroxylation is 2. The minimum atomic E-state index is 0.541. The van der Waals surface area contributed by atoms with Crippen molar-refractivity contribution >= 4 is 0 Å². The molecular weight excluding hydrogens is 376 g/mol. The average molecular weight is 407 g/mol. The highest BCUT2D eigenvalue weighted by molar-refractivity contribution is 5.68. The Morgan fingerprint density at radius 1 is 0.967 bits per heavy atom. The van der Waals surface area contributed by atoms with Crippen LogP contribution in [0.4, 0.5) is 0 Å². The molecule has 1 aliphatic rings. The van der Waals surface area contributed by atoms with E-state index in [9.17, 15) is 0 Å². The van der Waals surface area contributed by atoms with Gasteiger partial charge in [-0.1, -0.05) is 44.2 Å². The number of likely N-dealkylation sites (N-methyl/N-ethyl adjacent to an activating group) is 1. The number of hydrogen-bond acceptors (Lipinski definition) is 5. The van der Waals surface area contributed by atoms with Gasteiger partial charge in [0.2, 0.25) is 5.89 Å². The number of hydrogen-bond donors (Lipinski definition) is 0. The van der Waals surface area contributed by atoms with Gasteiger partial charge in [0, 0.05) is 13.1 Å². The van der Waals surface area contributed by atoms with Crippen molar-refractivity contribution in [3.05, 3.63) is 65.0 Å². The van der Waals surface area contributed by atoms with E-state index in [1.807, 2.05) is 25.1 Å². The van der Waals surface area contributed by atoms with Crippen molar-refractivity contribution in [1.82, 2.24) is 9.88 Å². The van der Waals surface area contributed by atoms with E-state index >= 15 is 0 Å². The molecule has 2 aromatic carbocycles. The molecule has 0 amide bonds. The molecule has 2 heterocycles. The van der Waals surface area contributed by atoms with Crippen LogP contribution in [-0.2, 0) is 19.4 Å². The van der Waals surface area contributed by atoms with Crippen LogP contribution in [0.25, 0.3) is 11.5 Å². The van der Waals surface area contributed by atoms with Gasteiger partial charge in [0.15, 0.2) is 11.5 Å². The minimum Gasteiger partial charge on any atom is -0.486 e. The van der Waals surface area contributed by atoms with Crippen molar-refractivity contribution in [1.29, 1.82) is 0 Å². The van der Waals surface area contributed by atoms with Crippen LogP contribution in [0.2, 0.25) is 0 Å². The highest BCUT2D eigenvalue weighted by Gasteiger charge is 2.22. The number of ether oxygens (including phenoxy) is 2. The van der Waals surface area contributed by atoms with E-state index in [0.717, 1.165) is 61.0 Å². The highest BCUT2D eigenvalue weighted by atomic mass is 16.6. The predicted octanol–water partition coefficient (Wildman–Crippen LogP) is 5.05. The Hall–Kier alpha value is -2.79. The molecule has 0 saturated heterocycles. The highest BCUT2D eigenvalue weighted by Crippen LogP contribution is 2.39. The van der Waals surface area contributed by atoms with Crippen molar-refractivity contribution in [3.8, 4) is 23.0 Å². The maximum Gasteiger partial charge on any atom is 0.230 e. The molecule has 5 nitrogen and oxygen atoms in total. The normalized spacial score (nSPS) is 13.1. The molecule has 3 aromatic rings. The number of benzene rings is 2. The van der Waals surface area contributed by atoms with Gasteiger partial charge >= 0.3 is 0 Å². The van der Waals surface area contributed by atoms with Gasteiger partial charge in [-0.25, -0.2) is 4.98 Å². The summed E-state index contributed by atoms with van der Waals surface area (Å²) in [5.74, 6) is 2.92. The van der Waals surface area contributed by atoms with Crippen molar-refractivity contribution < 1.29 is 13.9 Å². The van der Waals surface area contributed by atoms with Crippen LogP contribution < -0.4 is 9.47 Å². The number of para-hydroxylation sites is 1. The van der Waals surface area contributed by atoms with Gasteiger partial charge in [0.05, 0.1) is 11.3 Å². The second-order valence-corrected chi connectivity index (χ2v) is 7.59. The molecule has 0 radical (unpaired) electrons. The van der Waals surface area contributed by atoms with Crippen molar-refractivity contribution in [3.63, 3.8) is 0 Å². The van der Waals surface area contributed by atoms with Gasteiger partial charge in [0.25, 0.3) is 0 Å². The molecule has 1 aromatic heterocycles. The fraction of sp³-hybridized carbons (Fsp3) is 0.400. The third-order valence-electron chi connectivity index (χ3n) is 5.71. The van der Waals surface area contributed by atoms with Crippen LogP contribution in [0.15, 0.2) is 46.9 Å². The Labute approximate surface area is 178 Å². The summed E-state index contributed by atoms with van der Waals surface area (Å²) in [6.07, 6.45) is 2.11. The lowest BCUT2D eigenvalue weighted by molar-refractivity contribution is 0.172. The predicted molar refractivity (Wildman–Crippen MR) is 118 cm³/mol. The molecule has 0 atom stereocenters. The fourth-order valence-electron chi connectivity index (χ4n) is 3.92. The lowest BCUT2D eigenvalue weighted by atomic mass is 10.0. The van der Waals surface area contributed by atoms with Crippen LogP contribution in [0.3, 0.4) is 0 Å². The third-order valence-corrected chi connectivity index (χ3v) is 5.71. The molecule has 0 bridgehead atoms. The Bertz CT molecular complexity index is 996. The van der Waals surface area contributed by atoms with E-state index in [-0.39, 0.29) is 0 Å². The number of oxazole rings is 1. The summed E-state index contributed by atoms with van der Waals surface area (Å²) in [5, 5.41) is 0. The number of nitrogens with zero attached hydrogens (tertiary/aromatic N) is 2. The van der Waals surface area contributed by atoms with Crippen LogP contribution in [0, 0.1) is 6.92 Å². The molecule has 0 fully saturated rings. The zero-order valence-corrected chi connectivity index (χ0v) is 18.1. The summed E-state index contributed by atoms with van der Waals surface area (Å²) in [6.45, 7) is 10.2. The maximum atomic E-state index is 6.04. The molecule has 0 N–H and O–H groups in total. The van der Waals surface area contributed by atoms with E-state index in [0.29, 0.717) is 19.1 Å². The minimum absolute atomic E-state index is 0.541. The van der Waals surface area contributed by atoms with Gasteiger partial charge in [-0.05, 0) is 49.6 Å². The zero-order chi connectivity index (χ0) is 20.9. The number of rotatable bonds is 8. The molecule has 1 aliphatic heterocycles. The summed E-state index contributed by atoms with van der Waals surface area (Å²) in [7, 11) is 0. The smallest absolute Gasteiger partial charge is 0.230 e. The first-order valence-electron chi connectivity index (χ1n) is 10.8. The Kier molecular flexibility index (Phi) is 6.38. The van der Waals surface area contributed by atoms with Gasteiger partial charge in [-0.3, -0.25) is 4.90 Å². The monoisotopic (exact) mass is 406 g/mol. The lowest BCUT2D eigenvalue weighted by Crippen LogP contribution is -2.26. The second-order valence-electron chi connectivity index (χ2n) is 7.59. The summed E-state index contributed by atoms with van der Waals surface area (Å²) in [5.41, 5.74) is 4.69. The van der Waals surface area contributed by atoms with E-state index < -0.39 is 0 Å². The average Bonchev–Trinajstić information content (AvgIpc) is 3.16. The number of aromatic nitrogens is 1. The van der Waals surface area contributed by atoms with Crippen LogP contribution in [-0.4, -0.2) is 36.2 Å². The van der Waals surface area contributed by atoms with E-state index in [1.54, 1.807) is 0 Å². The van der Waals surface area contributed by atoms with E-state index in [1.165, 1.54) is 11.1 Å². The first-order valence-corrected chi connectivity index (χ1v) is 10.8. The Morgan fingerprint density at radius 2 is 1.77 bits per heavy atom. The standard InChI is InChI=1S/C25H30N2O3/c1-4-19-9-6-7-10-20(19)13-14-27(5-2)17-22-18(3)30-25(26-22)21-11-8-12-23-24(21)29-16-15-28-23/h6-12H,4-5,13-17H2,1-3H3. The molecule has 0 aliphatic carbocycles. The number of fused-ring (bicyclic) bond motifs is 1. The molecule has 4 rings (SSSR count). The summed E-state index contributed by atoms with van der Waals surface area (Å²) in [4.78, 5) is 7.24. The molecule has 30 heavy (non-hydrogen) atoms. The third kappa shape index (κ3) is 4.36. The van der Waals surface area contributed by atoms with Crippen LogP contribution >= 0.6 is 0 Å². The SMILES string of the molecule is CCc1ccccc1CCN(CC)Cc1nc(-c2cccc3c2OCCO3)oc1C. The van der Waals surface area contributed by atoms with Gasteiger partial charge in [-0.15, -0.1) is 0 Å². The first-order chi connectivity index (χ1) is 14.7. The molecule has 5 heteroatoms. The lowest BCUT2D eigenvalue weighted by Gasteiger charge is -2.20. The summed E-state index contributed by atoms with van der Waals surface area (Å²) in [6, 6.07) is 14.6. The van der Waals surface area contributed by atoms with E-state index in [4.69, 9.17) is 18.9 Å². The first kappa shape index (κ1) is 20.5. The van der Waals surface area contributed by atoms with Crippen LogP contribution in [0.5, 0.6) is 11.5 Å².